The van der Waals surface area contributed by atoms with E-state index < -0.39 is 27.7 Å². The van der Waals surface area contributed by atoms with Crippen LogP contribution in [-0.2, 0) is 40.4 Å². The van der Waals surface area contributed by atoms with Crippen LogP contribution in [0.5, 0.6) is 5.88 Å². The lowest BCUT2D eigenvalue weighted by molar-refractivity contribution is -0.204. The first-order chi connectivity index (χ1) is 24.9. The first-order valence-electron chi connectivity index (χ1n) is 17.7. The highest BCUT2D eigenvalue weighted by atomic mass is 32.2. The predicted molar refractivity (Wildman–Crippen MR) is 192 cm³/mol. The van der Waals surface area contributed by atoms with E-state index in [1.807, 2.05) is 18.7 Å². The molecule has 2 aromatic heterocycles. The molecule has 6 rings (SSSR count). The molecule has 0 radical (unpaired) electrons. The molecule has 2 N–H and O–H groups in total. The van der Waals surface area contributed by atoms with E-state index in [1.54, 1.807) is 6.07 Å². The second-order valence-electron chi connectivity index (χ2n) is 14.0. The topological polar surface area (TPSA) is 167 Å². The molecule has 1 aromatic carbocycles. The Kier molecular flexibility index (Phi) is 12.1. The number of hydrogen-bond acceptors (Lipinski definition) is 13. The summed E-state index contributed by atoms with van der Waals surface area (Å²) in [5.74, 6) is -0.0484. The monoisotopic (exact) mass is 745 g/mol. The molecule has 1 atom stereocenters. The number of rotatable bonds is 13. The minimum Gasteiger partial charge on any atom is -0.480 e. The second-order valence-corrected chi connectivity index (χ2v) is 15.7. The number of piperidine rings is 1. The molecular weight excluding hydrogens is 697 g/mol. The zero-order chi connectivity index (χ0) is 36.9. The van der Waals surface area contributed by atoms with Crippen LogP contribution >= 0.6 is 0 Å². The summed E-state index contributed by atoms with van der Waals surface area (Å²) < 4.78 is 64.7. The van der Waals surface area contributed by atoms with E-state index in [4.69, 9.17) is 33.8 Å². The molecule has 0 spiro atoms. The lowest BCUT2D eigenvalue weighted by atomic mass is 9.82. The maximum atomic E-state index is 15.5. The number of ether oxygens (including phenoxy) is 4. The number of morpholine rings is 1. The number of carbonyl (C=O) groups is 1. The Hall–Kier alpha value is -3.74. The van der Waals surface area contributed by atoms with Crippen molar-refractivity contribution in [3.63, 3.8) is 0 Å². The van der Waals surface area contributed by atoms with E-state index >= 15 is 4.39 Å². The molecular formula is C35H48FN7O8S. The number of likely N-dealkylation sites (tertiary alicyclic amines) is 1. The quantitative estimate of drug-likeness (QED) is 0.244. The van der Waals surface area contributed by atoms with Crippen molar-refractivity contribution in [1.29, 1.82) is 0 Å². The fourth-order valence-corrected chi connectivity index (χ4v) is 7.42. The second kappa shape index (κ2) is 16.5. The Labute approximate surface area is 303 Å². The van der Waals surface area contributed by atoms with Crippen LogP contribution in [0.2, 0.25) is 0 Å². The van der Waals surface area contributed by atoms with Gasteiger partial charge in [-0.3, -0.25) is 14.4 Å². The van der Waals surface area contributed by atoms with Crippen molar-refractivity contribution in [2.24, 2.45) is 5.92 Å². The molecule has 5 heterocycles. The largest absolute Gasteiger partial charge is 0.480 e. The maximum Gasteiger partial charge on any atom is 0.269 e. The number of halogens is 1. The fourth-order valence-electron chi connectivity index (χ4n) is 6.88. The Bertz CT molecular complexity index is 1830. The molecule has 3 aliphatic heterocycles. The van der Waals surface area contributed by atoms with Crippen LogP contribution in [0, 0.1) is 11.7 Å². The Morgan fingerprint density at radius 1 is 1.06 bits per heavy atom. The van der Waals surface area contributed by atoms with E-state index in [0.717, 1.165) is 51.4 Å². The molecule has 0 aliphatic carbocycles. The summed E-state index contributed by atoms with van der Waals surface area (Å²) >= 11 is 0. The molecule has 0 bridgehead atoms. The van der Waals surface area contributed by atoms with Gasteiger partial charge in [0.25, 0.3) is 5.91 Å². The summed E-state index contributed by atoms with van der Waals surface area (Å²) in [6.07, 6.45) is 6.51. The van der Waals surface area contributed by atoms with Crippen molar-refractivity contribution in [3.05, 3.63) is 35.8 Å². The minimum atomic E-state index is -3.66. The highest BCUT2D eigenvalue weighted by molar-refractivity contribution is 7.92. The highest BCUT2D eigenvalue weighted by Crippen LogP contribution is 2.36. The van der Waals surface area contributed by atoms with Crippen LogP contribution in [0.25, 0.3) is 22.2 Å². The molecule has 1 unspecified atom stereocenters. The number of nitrogens with one attached hydrogen (secondary N) is 2. The van der Waals surface area contributed by atoms with Gasteiger partial charge < -0.3 is 23.8 Å². The fraction of sp³-hybridized carbons (Fsp3) is 0.600. The van der Waals surface area contributed by atoms with E-state index in [2.05, 4.69) is 20.1 Å². The number of carbonyl (C=O) groups excluding carboxylic acids is 1. The van der Waals surface area contributed by atoms with Gasteiger partial charge in [0, 0.05) is 49.8 Å². The number of amides is 1. The third kappa shape index (κ3) is 9.62. The summed E-state index contributed by atoms with van der Waals surface area (Å²) in [6.45, 7) is 8.62. The van der Waals surface area contributed by atoms with Crippen LogP contribution in [0.4, 0.5) is 16.0 Å². The number of anilines is 2. The zero-order valence-electron chi connectivity index (χ0n) is 30.2. The number of nitrogens with zero attached hydrogens (tertiary/aromatic N) is 5. The molecule has 3 aromatic rings. The number of fused-ring (bicyclic) bond motifs is 1. The van der Waals surface area contributed by atoms with E-state index in [1.165, 1.54) is 25.4 Å². The van der Waals surface area contributed by atoms with Crippen molar-refractivity contribution < 1.29 is 41.4 Å². The van der Waals surface area contributed by atoms with Crippen molar-refractivity contribution in [2.45, 2.75) is 64.4 Å². The molecule has 3 fully saturated rings. The van der Waals surface area contributed by atoms with E-state index in [-0.39, 0.29) is 30.0 Å². The van der Waals surface area contributed by atoms with Crippen molar-refractivity contribution in [1.82, 2.24) is 25.3 Å². The lowest BCUT2D eigenvalue weighted by Crippen LogP contribution is -2.45. The third-order valence-electron chi connectivity index (χ3n) is 9.72. The van der Waals surface area contributed by atoms with Crippen LogP contribution in [0.1, 0.15) is 51.5 Å². The molecule has 17 heteroatoms. The van der Waals surface area contributed by atoms with Crippen LogP contribution < -0.4 is 19.8 Å². The van der Waals surface area contributed by atoms with Crippen molar-refractivity contribution in [2.75, 3.05) is 75.6 Å². The van der Waals surface area contributed by atoms with Gasteiger partial charge >= 0.3 is 0 Å². The lowest BCUT2D eigenvalue weighted by Gasteiger charge is -2.40. The van der Waals surface area contributed by atoms with Gasteiger partial charge in [-0.1, -0.05) is 0 Å². The number of hydroxylamine groups is 1. The summed E-state index contributed by atoms with van der Waals surface area (Å²) in [4.78, 5) is 36.3. The van der Waals surface area contributed by atoms with Gasteiger partial charge in [-0.2, -0.15) is 0 Å². The first kappa shape index (κ1) is 38.0. The Balaban J connectivity index is 1.20. The van der Waals surface area contributed by atoms with E-state index in [9.17, 15) is 13.2 Å². The average molecular weight is 746 g/mol. The normalized spacial score (nSPS) is 19.5. The van der Waals surface area contributed by atoms with Crippen molar-refractivity contribution >= 4 is 38.5 Å². The molecule has 15 nitrogen and oxygen atoms in total. The smallest absolute Gasteiger partial charge is 0.269 e. The van der Waals surface area contributed by atoms with E-state index in [0.29, 0.717) is 73.1 Å². The minimum absolute atomic E-state index is 0.0897. The third-order valence-corrected chi connectivity index (χ3v) is 10.3. The van der Waals surface area contributed by atoms with Gasteiger partial charge in [0.15, 0.2) is 6.29 Å². The standard InChI is InChI=1S/C35H48FN7O8S/c1-35(2,50-22-29(44)40-51-30-7-5-6-14-49-30)25-8-10-42(11-9-25)21-24-17-26(36)19-27-31(38-34(39-32(24)27)43-12-15-48-16-13-43)23-18-28(41-52(4,45)46)33(47-3)37-20-23/h17-20,25,30,41H,5-16,21-22H2,1-4H3,(H,40,44). The summed E-state index contributed by atoms with van der Waals surface area (Å²) in [6, 6.07) is 4.50. The van der Waals surface area contributed by atoms with Gasteiger partial charge in [-0.05, 0) is 82.3 Å². The van der Waals surface area contributed by atoms with Gasteiger partial charge in [0.2, 0.25) is 21.9 Å². The van der Waals surface area contributed by atoms with Crippen molar-refractivity contribution in [3.8, 4) is 17.1 Å². The molecule has 1 amide bonds. The van der Waals surface area contributed by atoms with Crippen LogP contribution in [-0.4, -0.2) is 112 Å². The molecule has 3 aliphatic rings. The highest BCUT2D eigenvalue weighted by Gasteiger charge is 2.34. The molecule has 0 saturated carbocycles. The summed E-state index contributed by atoms with van der Waals surface area (Å²) in [5, 5.41) is 0.478. The first-order valence-corrected chi connectivity index (χ1v) is 19.5. The molecule has 52 heavy (non-hydrogen) atoms. The number of benzene rings is 1. The predicted octanol–water partition coefficient (Wildman–Crippen LogP) is 3.63. The van der Waals surface area contributed by atoms with Gasteiger partial charge in [-0.15, -0.1) is 0 Å². The number of sulfonamides is 1. The van der Waals surface area contributed by atoms with Gasteiger partial charge in [0.1, 0.15) is 18.1 Å². The SMILES string of the molecule is COc1ncc(-c2nc(N3CCOCC3)nc3c(CN4CCC(C(C)(C)OCC(=O)NOC5CCCCO5)CC4)cc(F)cc23)cc1NS(C)(=O)=O. The number of methoxy groups -OCH3 is 1. The number of hydrogen-bond donors (Lipinski definition) is 2. The Morgan fingerprint density at radius 2 is 1.83 bits per heavy atom. The molecule has 3 saturated heterocycles. The number of pyridine rings is 1. The summed E-state index contributed by atoms with van der Waals surface area (Å²) in [7, 11) is -2.26. The van der Waals surface area contributed by atoms with Gasteiger partial charge in [0.05, 0.1) is 43.4 Å². The molecule has 284 valence electrons. The maximum absolute atomic E-state index is 15.5. The van der Waals surface area contributed by atoms with Crippen LogP contribution in [0.3, 0.4) is 0 Å². The average Bonchev–Trinajstić information content (AvgIpc) is 3.13. The Morgan fingerprint density at radius 3 is 2.52 bits per heavy atom. The van der Waals surface area contributed by atoms with Gasteiger partial charge in [-0.25, -0.2) is 38.1 Å². The van der Waals surface area contributed by atoms with Crippen LogP contribution in [0.15, 0.2) is 24.4 Å². The summed E-state index contributed by atoms with van der Waals surface area (Å²) in [5.41, 5.74) is 4.22. The zero-order valence-corrected chi connectivity index (χ0v) is 31.0. The number of aromatic nitrogens is 3.